The summed E-state index contributed by atoms with van der Waals surface area (Å²) in [6.07, 6.45) is 5.98. The Balaban J connectivity index is 1.94. The molecule has 1 aliphatic carbocycles. The molecule has 0 amide bonds. The molecule has 1 aromatic rings. The predicted molar refractivity (Wildman–Crippen MR) is 51.4 cm³/mol. The molecule has 12 heavy (non-hydrogen) atoms. The summed E-state index contributed by atoms with van der Waals surface area (Å²) in [5.41, 5.74) is 2.51. The first-order chi connectivity index (χ1) is 5.85. The number of nitrogens with zero attached hydrogens (tertiary/aromatic N) is 1. The molecule has 1 aromatic heterocycles. The van der Waals surface area contributed by atoms with Crippen molar-refractivity contribution < 1.29 is 0 Å². The monoisotopic (exact) mass is 182 g/mol. The predicted octanol–water partition coefficient (Wildman–Crippen LogP) is 1.69. The van der Waals surface area contributed by atoms with Crippen molar-refractivity contribution >= 4 is 11.3 Å². The minimum absolute atomic E-state index is 0.585. The molecule has 3 heteroatoms. The molecule has 2 rings (SSSR count). The van der Waals surface area contributed by atoms with Crippen LogP contribution in [0.4, 0.5) is 0 Å². The third kappa shape index (κ3) is 1.67. The van der Waals surface area contributed by atoms with E-state index >= 15 is 0 Å². The fraction of sp³-hybridized carbons (Fsp3) is 0.667. The van der Waals surface area contributed by atoms with E-state index in [1.54, 1.807) is 11.3 Å². The number of aromatic nitrogens is 1. The highest BCUT2D eigenvalue weighted by Gasteiger charge is 2.41. The highest BCUT2D eigenvalue weighted by Crippen LogP contribution is 2.48. The second-order valence-corrected chi connectivity index (χ2v) is 4.65. The average molecular weight is 182 g/mol. The summed E-state index contributed by atoms with van der Waals surface area (Å²) in [6, 6.07) is 0. The first-order valence-electron chi connectivity index (χ1n) is 4.37. The van der Waals surface area contributed by atoms with Crippen molar-refractivity contribution in [2.24, 2.45) is 5.41 Å². The Bertz CT molecular complexity index is 239. The van der Waals surface area contributed by atoms with Gasteiger partial charge in [0.1, 0.15) is 0 Å². The van der Waals surface area contributed by atoms with E-state index in [1.165, 1.54) is 24.1 Å². The van der Waals surface area contributed by atoms with Crippen LogP contribution in [0, 0.1) is 5.41 Å². The van der Waals surface area contributed by atoms with Crippen molar-refractivity contribution in [3.63, 3.8) is 0 Å². The minimum atomic E-state index is 0.585. The molecule has 0 radical (unpaired) electrons. The van der Waals surface area contributed by atoms with Crippen LogP contribution in [0.2, 0.25) is 0 Å². The van der Waals surface area contributed by atoms with Gasteiger partial charge in [0.25, 0.3) is 0 Å². The Morgan fingerprint density at radius 2 is 2.50 bits per heavy atom. The van der Waals surface area contributed by atoms with Crippen LogP contribution in [0.25, 0.3) is 0 Å². The molecule has 1 saturated carbocycles. The number of rotatable bonds is 4. The lowest BCUT2D eigenvalue weighted by Crippen LogP contribution is -2.21. The van der Waals surface area contributed by atoms with Crippen LogP contribution in [0.1, 0.15) is 17.7 Å². The molecule has 0 unspecified atom stereocenters. The largest absolute Gasteiger partial charge is 0.319 e. The minimum Gasteiger partial charge on any atom is -0.319 e. The Kier molecular flexibility index (Phi) is 2.15. The van der Waals surface area contributed by atoms with Gasteiger partial charge in [-0.05, 0) is 31.7 Å². The van der Waals surface area contributed by atoms with Crippen molar-refractivity contribution in [1.29, 1.82) is 0 Å². The maximum atomic E-state index is 4.09. The van der Waals surface area contributed by atoms with Crippen LogP contribution in [0.5, 0.6) is 0 Å². The van der Waals surface area contributed by atoms with E-state index < -0.39 is 0 Å². The summed E-state index contributed by atoms with van der Waals surface area (Å²) in [7, 11) is 2.03. The summed E-state index contributed by atoms with van der Waals surface area (Å²) in [4.78, 5) is 5.53. The summed E-state index contributed by atoms with van der Waals surface area (Å²) in [5.74, 6) is 0. The van der Waals surface area contributed by atoms with Gasteiger partial charge in [-0.25, -0.2) is 0 Å². The molecule has 1 fully saturated rings. The molecular weight excluding hydrogens is 168 g/mol. The van der Waals surface area contributed by atoms with Gasteiger partial charge in [0.05, 0.1) is 5.51 Å². The molecule has 0 spiro atoms. The van der Waals surface area contributed by atoms with Crippen LogP contribution in [0.3, 0.4) is 0 Å². The Hall–Kier alpha value is -0.410. The van der Waals surface area contributed by atoms with Gasteiger partial charge >= 0.3 is 0 Å². The van der Waals surface area contributed by atoms with E-state index in [-0.39, 0.29) is 0 Å². The average Bonchev–Trinajstić information content (AvgIpc) is 2.63. The molecular formula is C9H14N2S. The van der Waals surface area contributed by atoms with E-state index in [1.807, 2.05) is 18.8 Å². The first kappa shape index (κ1) is 8.20. The number of thiazole rings is 1. The second-order valence-electron chi connectivity index (χ2n) is 3.67. The second kappa shape index (κ2) is 3.15. The SMILES string of the molecule is CNCC1(Cc2cncs2)CC1. The fourth-order valence-electron chi connectivity index (χ4n) is 1.67. The Morgan fingerprint density at radius 3 is 3.00 bits per heavy atom. The Labute approximate surface area is 77.0 Å². The van der Waals surface area contributed by atoms with Crippen LogP contribution in [-0.2, 0) is 6.42 Å². The smallest absolute Gasteiger partial charge is 0.0794 e. The van der Waals surface area contributed by atoms with E-state index in [0.717, 1.165) is 6.54 Å². The zero-order valence-corrected chi connectivity index (χ0v) is 8.16. The molecule has 0 atom stereocenters. The van der Waals surface area contributed by atoms with E-state index in [0.29, 0.717) is 5.41 Å². The van der Waals surface area contributed by atoms with Crippen LogP contribution < -0.4 is 5.32 Å². The van der Waals surface area contributed by atoms with Crippen molar-refractivity contribution in [3.05, 3.63) is 16.6 Å². The van der Waals surface area contributed by atoms with Gasteiger partial charge in [0.2, 0.25) is 0 Å². The van der Waals surface area contributed by atoms with E-state index in [2.05, 4.69) is 10.3 Å². The summed E-state index contributed by atoms with van der Waals surface area (Å²) >= 11 is 1.78. The lowest BCUT2D eigenvalue weighted by atomic mass is 10.0. The lowest BCUT2D eigenvalue weighted by molar-refractivity contribution is 0.481. The molecule has 1 N–H and O–H groups in total. The highest BCUT2D eigenvalue weighted by molar-refractivity contribution is 7.09. The van der Waals surface area contributed by atoms with Crippen molar-refractivity contribution in [2.45, 2.75) is 19.3 Å². The van der Waals surface area contributed by atoms with Crippen molar-refractivity contribution in [2.75, 3.05) is 13.6 Å². The number of hydrogen-bond donors (Lipinski definition) is 1. The van der Waals surface area contributed by atoms with Gasteiger partial charge in [-0.1, -0.05) is 0 Å². The quantitative estimate of drug-likeness (QED) is 0.766. The zero-order chi connectivity index (χ0) is 8.44. The first-order valence-corrected chi connectivity index (χ1v) is 5.25. The molecule has 0 aliphatic heterocycles. The number of hydrogen-bond acceptors (Lipinski definition) is 3. The molecule has 0 saturated heterocycles. The topological polar surface area (TPSA) is 24.9 Å². The maximum Gasteiger partial charge on any atom is 0.0794 e. The maximum absolute atomic E-state index is 4.09. The third-order valence-electron chi connectivity index (χ3n) is 2.54. The van der Waals surface area contributed by atoms with Gasteiger partial charge < -0.3 is 5.32 Å². The summed E-state index contributed by atoms with van der Waals surface area (Å²) in [5, 5.41) is 3.27. The normalized spacial score (nSPS) is 19.4. The molecule has 0 bridgehead atoms. The number of nitrogens with one attached hydrogen (secondary N) is 1. The Morgan fingerprint density at radius 1 is 1.67 bits per heavy atom. The highest BCUT2D eigenvalue weighted by atomic mass is 32.1. The van der Waals surface area contributed by atoms with Gasteiger partial charge in [-0.2, -0.15) is 0 Å². The van der Waals surface area contributed by atoms with Crippen LogP contribution >= 0.6 is 11.3 Å². The van der Waals surface area contributed by atoms with E-state index in [4.69, 9.17) is 0 Å². The van der Waals surface area contributed by atoms with Crippen LogP contribution in [-0.4, -0.2) is 18.6 Å². The molecule has 1 heterocycles. The molecule has 1 aliphatic rings. The van der Waals surface area contributed by atoms with Gasteiger partial charge in [-0.15, -0.1) is 11.3 Å². The molecule has 2 nitrogen and oxygen atoms in total. The molecule has 66 valence electrons. The van der Waals surface area contributed by atoms with Crippen LogP contribution in [0.15, 0.2) is 11.7 Å². The molecule has 0 aromatic carbocycles. The van der Waals surface area contributed by atoms with Gasteiger partial charge in [0.15, 0.2) is 0 Å². The lowest BCUT2D eigenvalue weighted by Gasteiger charge is -2.11. The van der Waals surface area contributed by atoms with Crippen molar-refractivity contribution in [3.8, 4) is 0 Å². The zero-order valence-electron chi connectivity index (χ0n) is 7.34. The summed E-state index contributed by atoms with van der Waals surface area (Å²) in [6.45, 7) is 1.16. The fourth-order valence-corrected chi connectivity index (χ4v) is 2.44. The van der Waals surface area contributed by atoms with Gasteiger partial charge in [0, 0.05) is 17.6 Å². The summed E-state index contributed by atoms with van der Waals surface area (Å²) < 4.78 is 0. The standard InChI is InChI=1S/C9H14N2S/c1-10-6-9(2-3-9)4-8-5-11-7-12-8/h5,7,10H,2-4,6H2,1H3. The third-order valence-corrected chi connectivity index (χ3v) is 3.32. The van der Waals surface area contributed by atoms with Crippen molar-refractivity contribution in [1.82, 2.24) is 10.3 Å². The van der Waals surface area contributed by atoms with Gasteiger partial charge in [-0.3, -0.25) is 4.98 Å². The van der Waals surface area contributed by atoms with E-state index in [9.17, 15) is 0 Å².